The predicted molar refractivity (Wildman–Crippen MR) is 103 cm³/mol. The minimum atomic E-state index is -0.343. The minimum Gasteiger partial charge on any atom is -0.470 e. The second-order valence-electron chi connectivity index (χ2n) is 5.88. The number of hydrogen-bond acceptors (Lipinski definition) is 4. The predicted octanol–water partition coefficient (Wildman–Crippen LogP) is 3.71. The van der Waals surface area contributed by atoms with Gasteiger partial charge in [-0.15, -0.1) is 0 Å². The number of carbonyl (C=O) groups excluding carboxylic acids is 1. The summed E-state index contributed by atoms with van der Waals surface area (Å²) in [5.74, 6) is 0.674. The summed E-state index contributed by atoms with van der Waals surface area (Å²) in [5.41, 5.74) is 2.02. The van der Waals surface area contributed by atoms with Crippen molar-refractivity contribution >= 4 is 34.5 Å². The fourth-order valence-corrected chi connectivity index (χ4v) is 2.87. The largest absolute Gasteiger partial charge is 0.470 e. The number of rotatable bonds is 5. The summed E-state index contributed by atoms with van der Waals surface area (Å²) in [7, 11) is 1.85. The van der Waals surface area contributed by atoms with E-state index in [-0.39, 0.29) is 18.3 Å². The van der Waals surface area contributed by atoms with Crippen molar-refractivity contribution in [3.8, 4) is 5.75 Å². The maximum atomic E-state index is 12.5. The summed E-state index contributed by atoms with van der Waals surface area (Å²) in [4.78, 5) is 16.9. The van der Waals surface area contributed by atoms with Gasteiger partial charge in [0.25, 0.3) is 5.91 Å². The maximum Gasteiger partial charge on any atom is 0.278 e. The Morgan fingerprint density at radius 2 is 1.93 bits per heavy atom. The zero-order chi connectivity index (χ0) is 18.8. The van der Waals surface area contributed by atoms with Crippen LogP contribution in [0, 0.1) is 0 Å². The molecule has 0 bridgehead atoms. The number of ether oxygens (including phenoxy) is 1. The molecule has 2 aromatic carbocycles. The van der Waals surface area contributed by atoms with Crippen molar-refractivity contribution in [1.29, 1.82) is 0 Å². The molecule has 136 valence electrons. The first-order valence-corrected chi connectivity index (χ1v) is 8.63. The quantitative estimate of drug-likeness (QED) is 0.572. The van der Waals surface area contributed by atoms with Gasteiger partial charge in [0.15, 0.2) is 12.4 Å². The van der Waals surface area contributed by atoms with E-state index in [4.69, 9.17) is 16.3 Å². The van der Waals surface area contributed by atoms with Gasteiger partial charge in [0, 0.05) is 13.2 Å². The number of anilines is 1. The van der Waals surface area contributed by atoms with Gasteiger partial charge >= 0.3 is 0 Å². The Morgan fingerprint density at radius 3 is 2.74 bits per heavy atom. The number of benzene rings is 2. The first-order valence-electron chi connectivity index (χ1n) is 8.25. The highest BCUT2D eigenvalue weighted by molar-refractivity contribution is 6.32. The van der Waals surface area contributed by atoms with Crippen LogP contribution < -0.4 is 10.1 Å². The number of nitrogens with one attached hydrogen (secondary N) is 1. The highest BCUT2D eigenvalue weighted by atomic mass is 35.5. The first kappa shape index (κ1) is 17.1. The Labute approximate surface area is 160 Å². The van der Waals surface area contributed by atoms with Crippen LogP contribution in [0.25, 0.3) is 11.0 Å². The number of hydrogen-bond donors (Lipinski definition) is 1. The van der Waals surface area contributed by atoms with Gasteiger partial charge in [0.05, 0.1) is 16.1 Å². The van der Waals surface area contributed by atoms with Gasteiger partial charge in [-0.25, -0.2) is 9.67 Å². The number of aryl methyl sites for hydroxylation is 1. The molecule has 4 rings (SSSR count). The Balaban J connectivity index is 1.45. The molecule has 8 heteroatoms. The van der Waals surface area contributed by atoms with Crippen molar-refractivity contribution < 1.29 is 9.53 Å². The molecule has 0 fully saturated rings. The number of fused-ring (bicyclic) bond motifs is 1. The topological polar surface area (TPSA) is 74.0 Å². The highest BCUT2D eigenvalue weighted by Gasteiger charge is 2.14. The molecule has 7 nitrogen and oxygen atoms in total. The molecule has 0 aliphatic rings. The third kappa shape index (κ3) is 3.50. The van der Waals surface area contributed by atoms with E-state index < -0.39 is 0 Å². The average Bonchev–Trinajstić information content (AvgIpc) is 3.27. The zero-order valence-corrected chi connectivity index (χ0v) is 15.2. The number of nitrogens with zero attached hydrogens (tertiary/aromatic N) is 4. The minimum absolute atomic E-state index is 0.142. The lowest BCUT2D eigenvalue weighted by molar-refractivity contribution is 0.101. The molecule has 0 unspecified atom stereocenters. The fraction of sp³-hybridized carbons (Fsp3) is 0.105. The van der Waals surface area contributed by atoms with Crippen LogP contribution in [-0.2, 0) is 13.8 Å². The smallest absolute Gasteiger partial charge is 0.278 e. The molecule has 0 aliphatic heterocycles. The standard InChI is InChI=1S/C19H16ClN5O2/c1-24-16-8-4-3-7-14(16)21-19(24)22-18(26)15-10-11-25(23-15)12-27-17-9-5-2-6-13(17)20/h2-11H,12H2,1H3,(H,21,22,26). The second-order valence-corrected chi connectivity index (χ2v) is 6.29. The van der Waals surface area contributed by atoms with Gasteiger partial charge in [-0.05, 0) is 30.3 Å². The molecule has 4 aromatic rings. The van der Waals surface area contributed by atoms with Crippen molar-refractivity contribution in [2.75, 3.05) is 5.32 Å². The number of halogens is 1. The van der Waals surface area contributed by atoms with Crippen molar-refractivity contribution in [3.05, 3.63) is 71.5 Å². The molecule has 27 heavy (non-hydrogen) atoms. The fourth-order valence-electron chi connectivity index (χ4n) is 2.68. The lowest BCUT2D eigenvalue weighted by Crippen LogP contribution is -2.16. The van der Waals surface area contributed by atoms with Gasteiger partial charge < -0.3 is 9.30 Å². The van der Waals surface area contributed by atoms with E-state index in [9.17, 15) is 4.79 Å². The number of para-hydroxylation sites is 3. The van der Waals surface area contributed by atoms with Crippen molar-refractivity contribution in [2.24, 2.45) is 7.05 Å². The second kappa shape index (κ2) is 7.13. The number of aromatic nitrogens is 4. The van der Waals surface area contributed by atoms with E-state index in [1.165, 1.54) is 4.68 Å². The van der Waals surface area contributed by atoms with Crippen LogP contribution in [0.1, 0.15) is 10.5 Å². The molecule has 0 radical (unpaired) electrons. The molecule has 1 amide bonds. The molecular weight excluding hydrogens is 366 g/mol. The summed E-state index contributed by atoms with van der Waals surface area (Å²) in [6.45, 7) is 0.142. The Hall–Kier alpha value is -3.32. The van der Waals surface area contributed by atoms with Gasteiger partial charge in [0.2, 0.25) is 5.95 Å². The van der Waals surface area contributed by atoms with Crippen LogP contribution in [-0.4, -0.2) is 25.2 Å². The van der Waals surface area contributed by atoms with E-state index in [2.05, 4.69) is 15.4 Å². The molecule has 2 heterocycles. The van der Waals surface area contributed by atoms with Gasteiger partial charge in [-0.2, -0.15) is 5.10 Å². The van der Waals surface area contributed by atoms with E-state index in [0.29, 0.717) is 16.7 Å². The maximum absolute atomic E-state index is 12.5. The van der Waals surface area contributed by atoms with Gasteiger partial charge in [-0.1, -0.05) is 35.9 Å². The number of amides is 1. The molecule has 1 N–H and O–H groups in total. The van der Waals surface area contributed by atoms with E-state index in [0.717, 1.165) is 11.0 Å². The van der Waals surface area contributed by atoms with Crippen LogP contribution in [0.4, 0.5) is 5.95 Å². The Morgan fingerprint density at radius 1 is 1.15 bits per heavy atom. The van der Waals surface area contributed by atoms with Crippen LogP contribution in [0.2, 0.25) is 5.02 Å². The van der Waals surface area contributed by atoms with Gasteiger partial charge in [0.1, 0.15) is 5.75 Å². The number of imidazole rings is 1. The van der Waals surface area contributed by atoms with Crippen molar-refractivity contribution in [3.63, 3.8) is 0 Å². The first-order chi connectivity index (χ1) is 13.1. The molecule has 0 saturated carbocycles. The van der Waals surface area contributed by atoms with E-state index in [1.54, 1.807) is 24.4 Å². The number of carbonyl (C=O) groups is 1. The highest BCUT2D eigenvalue weighted by Crippen LogP contribution is 2.23. The Kier molecular flexibility index (Phi) is 4.52. The lowest BCUT2D eigenvalue weighted by atomic mass is 10.3. The molecule has 0 spiro atoms. The van der Waals surface area contributed by atoms with Crippen molar-refractivity contribution in [1.82, 2.24) is 19.3 Å². The monoisotopic (exact) mass is 381 g/mol. The molecule has 2 aromatic heterocycles. The third-order valence-electron chi connectivity index (χ3n) is 4.07. The van der Waals surface area contributed by atoms with E-state index in [1.807, 2.05) is 48.0 Å². The van der Waals surface area contributed by atoms with Crippen molar-refractivity contribution in [2.45, 2.75) is 6.73 Å². The van der Waals surface area contributed by atoms with Crippen LogP contribution in [0.5, 0.6) is 5.75 Å². The molecule has 0 atom stereocenters. The molecular formula is C19H16ClN5O2. The van der Waals surface area contributed by atoms with Crippen LogP contribution >= 0.6 is 11.6 Å². The van der Waals surface area contributed by atoms with Gasteiger partial charge in [-0.3, -0.25) is 10.1 Å². The summed E-state index contributed by atoms with van der Waals surface area (Å²) >= 11 is 6.06. The normalized spacial score (nSPS) is 10.9. The van der Waals surface area contributed by atoms with Crippen LogP contribution in [0.15, 0.2) is 60.8 Å². The molecule has 0 aliphatic carbocycles. The Bertz CT molecular complexity index is 1120. The third-order valence-corrected chi connectivity index (χ3v) is 4.39. The average molecular weight is 382 g/mol. The summed E-state index contributed by atoms with van der Waals surface area (Å²) < 4.78 is 8.96. The van der Waals surface area contributed by atoms with E-state index >= 15 is 0 Å². The SMILES string of the molecule is Cn1c(NC(=O)c2ccn(COc3ccccc3Cl)n2)nc2ccccc21. The molecule has 0 saturated heterocycles. The summed E-state index contributed by atoms with van der Waals surface area (Å²) in [6.07, 6.45) is 1.67. The lowest BCUT2D eigenvalue weighted by Gasteiger charge is -2.07. The zero-order valence-electron chi connectivity index (χ0n) is 14.5. The summed E-state index contributed by atoms with van der Waals surface area (Å²) in [5, 5.41) is 7.54. The summed E-state index contributed by atoms with van der Waals surface area (Å²) in [6, 6.07) is 16.5. The van der Waals surface area contributed by atoms with Crippen LogP contribution in [0.3, 0.4) is 0 Å².